The zero-order valence-corrected chi connectivity index (χ0v) is 11.4. The van der Waals surface area contributed by atoms with Crippen LogP contribution in [0.4, 0.5) is 11.6 Å². The van der Waals surface area contributed by atoms with Crippen molar-refractivity contribution >= 4 is 11.6 Å². The molecular weight excluding hydrogens is 228 g/mol. The lowest BCUT2D eigenvalue weighted by atomic mass is 10.2. The Hall–Kier alpha value is -1.52. The summed E-state index contributed by atoms with van der Waals surface area (Å²) < 4.78 is 5.48. The molecule has 1 aliphatic carbocycles. The molecule has 0 amide bonds. The van der Waals surface area contributed by atoms with Crippen LogP contribution < -0.4 is 15.0 Å². The van der Waals surface area contributed by atoms with Crippen LogP contribution in [0.2, 0.25) is 0 Å². The van der Waals surface area contributed by atoms with E-state index in [1.807, 2.05) is 7.05 Å². The molecule has 1 aliphatic rings. The van der Waals surface area contributed by atoms with Gasteiger partial charge in [-0.2, -0.15) is 0 Å². The first-order valence-corrected chi connectivity index (χ1v) is 6.65. The van der Waals surface area contributed by atoms with Crippen molar-refractivity contribution in [3.63, 3.8) is 0 Å². The van der Waals surface area contributed by atoms with Crippen LogP contribution in [-0.2, 0) is 0 Å². The minimum Gasteiger partial charge on any atom is -0.490 e. The second-order valence-corrected chi connectivity index (χ2v) is 4.55. The molecule has 1 saturated carbocycles. The lowest BCUT2D eigenvalue weighted by Crippen LogP contribution is -2.34. The zero-order chi connectivity index (χ0) is 13.0. The van der Waals surface area contributed by atoms with Gasteiger partial charge < -0.3 is 15.0 Å². The summed E-state index contributed by atoms with van der Waals surface area (Å²) in [5, 5.41) is 3.05. The van der Waals surface area contributed by atoms with Crippen LogP contribution >= 0.6 is 0 Å². The minimum absolute atomic E-state index is 0.587. The summed E-state index contributed by atoms with van der Waals surface area (Å²) in [5.41, 5.74) is 0. The number of ether oxygens (including phenoxy) is 1. The summed E-state index contributed by atoms with van der Waals surface area (Å²) in [6, 6.07) is 0.587. The second kappa shape index (κ2) is 5.89. The highest BCUT2D eigenvalue weighted by Crippen LogP contribution is 2.35. The number of nitrogens with zero attached hydrogens (tertiary/aromatic N) is 3. The van der Waals surface area contributed by atoms with Crippen molar-refractivity contribution < 1.29 is 4.74 Å². The van der Waals surface area contributed by atoms with Crippen LogP contribution in [0.3, 0.4) is 0 Å². The van der Waals surface area contributed by atoms with Gasteiger partial charge in [-0.25, -0.2) is 9.97 Å². The Bertz CT molecular complexity index is 391. The topological polar surface area (TPSA) is 50.3 Å². The number of rotatable bonds is 5. The molecule has 0 aliphatic heterocycles. The SMILES string of the molecule is CCN(c1ncnc(NC)c1OC)C1CCCC1. The number of hydrogen-bond donors (Lipinski definition) is 1. The van der Waals surface area contributed by atoms with Crippen molar-refractivity contribution in [1.29, 1.82) is 0 Å². The quantitative estimate of drug-likeness (QED) is 0.869. The normalized spacial score (nSPS) is 15.7. The third-order valence-electron chi connectivity index (χ3n) is 3.60. The van der Waals surface area contributed by atoms with Crippen molar-refractivity contribution in [2.45, 2.75) is 38.6 Å². The molecule has 0 radical (unpaired) electrons. The maximum atomic E-state index is 5.48. The number of nitrogens with one attached hydrogen (secondary N) is 1. The van der Waals surface area contributed by atoms with Crippen molar-refractivity contribution in [2.75, 3.05) is 30.9 Å². The third kappa shape index (κ3) is 2.35. The average molecular weight is 250 g/mol. The summed E-state index contributed by atoms with van der Waals surface area (Å²) in [6.45, 7) is 3.11. The van der Waals surface area contributed by atoms with Gasteiger partial charge in [-0.1, -0.05) is 12.8 Å². The van der Waals surface area contributed by atoms with Crippen LogP contribution in [0.25, 0.3) is 0 Å². The van der Waals surface area contributed by atoms with Gasteiger partial charge in [0.25, 0.3) is 0 Å². The smallest absolute Gasteiger partial charge is 0.204 e. The standard InChI is InChI=1S/C13H22N4O/c1-4-17(10-7-5-6-8-10)13-11(18-3)12(14-2)15-9-16-13/h9-10H,4-8H2,1-3H3,(H,14,15,16). The van der Waals surface area contributed by atoms with Crippen LogP contribution in [0.15, 0.2) is 6.33 Å². The highest BCUT2D eigenvalue weighted by molar-refractivity contribution is 5.64. The largest absolute Gasteiger partial charge is 0.490 e. The predicted molar refractivity (Wildman–Crippen MR) is 73.4 cm³/mol. The highest BCUT2D eigenvalue weighted by Gasteiger charge is 2.26. The monoisotopic (exact) mass is 250 g/mol. The van der Waals surface area contributed by atoms with Crippen LogP contribution in [0.5, 0.6) is 5.75 Å². The molecule has 0 spiro atoms. The van der Waals surface area contributed by atoms with Crippen molar-refractivity contribution in [3.8, 4) is 5.75 Å². The maximum Gasteiger partial charge on any atom is 0.204 e. The van der Waals surface area contributed by atoms with E-state index in [2.05, 4.69) is 27.1 Å². The van der Waals surface area contributed by atoms with Crippen LogP contribution in [-0.4, -0.2) is 36.7 Å². The summed E-state index contributed by atoms with van der Waals surface area (Å²) in [7, 11) is 3.52. The Morgan fingerprint density at radius 1 is 1.39 bits per heavy atom. The molecule has 18 heavy (non-hydrogen) atoms. The molecule has 1 heterocycles. The molecule has 5 nitrogen and oxygen atoms in total. The van der Waals surface area contributed by atoms with Crippen LogP contribution in [0, 0.1) is 0 Å². The van der Waals surface area contributed by atoms with E-state index in [0.717, 1.165) is 23.9 Å². The molecule has 1 aromatic rings. The summed E-state index contributed by atoms with van der Waals surface area (Å²) in [6.07, 6.45) is 6.72. The fourth-order valence-corrected chi connectivity index (χ4v) is 2.73. The first kappa shape index (κ1) is 12.9. The summed E-state index contributed by atoms with van der Waals surface area (Å²) in [4.78, 5) is 11.0. The maximum absolute atomic E-state index is 5.48. The van der Waals surface area contributed by atoms with E-state index >= 15 is 0 Å². The molecule has 0 saturated heterocycles. The number of anilines is 2. The van der Waals surface area contributed by atoms with E-state index in [-0.39, 0.29) is 0 Å². The molecule has 0 atom stereocenters. The van der Waals surface area contributed by atoms with Gasteiger partial charge in [0.05, 0.1) is 7.11 Å². The first-order valence-electron chi connectivity index (χ1n) is 6.65. The summed E-state index contributed by atoms with van der Waals surface area (Å²) in [5.74, 6) is 2.40. The average Bonchev–Trinajstić information content (AvgIpc) is 2.93. The van der Waals surface area contributed by atoms with E-state index in [0.29, 0.717) is 6.04 Å². The Labute approximate surface area is 109 Å². The van der Waals surface area contributed by atoms with Crippen LogP contribution in [0.1, 0.15) is 32.6 Å². The Morgan fingerprint density at radius 2 is 2.11 bits per heavy atom. The molecule has 2 rings (SSSR count). The molecule has 0 bridgehead atoms. The lowest BCUT2D eigenvalue weighted by molar-refractivity contribution is 0.410. The molecule has 1 N–H and O–H groups in total. The summed E-state index contributed by atoms with van der Waals surface area (Å²) >= 11 is 0. The molecule has 0 unspecified atom stereocenters. The molecular formula is C13H22N4O. The molecule has 1 aromatic heterocycles. The van der Waals surface area contributed by atoms with Gasteiger partial charge in [-0.05, 0) is 19.8 Å². The van der Waals surface area contributed by atoms with Gasteiger partial charge in [-0.15, -0.1) is 0 Å². The fourth-order valence-electron chi connectivity index (χ4n) is 2.73. The third-order valence-corrected chi connectivity index (χ3v) is 3.60. The molecule has 100 valence electrons. The van der Waals surface area contributed by atoms with E-state index in [1.165, 1.54) is 25.7 Å². The van der Waals surface area contributed by atoms with Gasteiger partial charge in [0.1, 0.15) is 6.33 Å². The zero-order valence-electron chi connectivity index (χ0n) is 11.4. The van der Waals surface area contributed by atoms with Crippen molar-refractivity contribution in [2.24, 2.45) is 0 Å². The Morgan fingerprint density at radius 3 is 2.67 bits per heavy atom. The fraction of sp³-hybridized carbons (Fsp3) is 0.692. The van der Waals surface area contributed by atoms with E-state index in [1.54, 1.807) is 13.4 Å². The van der Waals surface area contributed by atoms with Gasteiger partial charge >= 0.3 is 0 Å². The van der Waals surface area contributed by atoms with E-state index < -0.39 is 0 Å². The van der Waals surface area contributed by atoms with Crippen molar-refractivity contribution in [1.82, 2.24) is 9.97 Å². The molecule has 0 aromatic carbocycles. The van der Waals surface area contributed by atoms with Gasteiger partial charge in [-0.3, -0.25) is 0 Å². The van der Waals surface area contributed by atoms with E-state index in [9.17, 15) is 0 Å². The van der Waals surface area contributed by atoms with E-state index in [4.69, 9.17) is 4.74 Å². The van der Waals surface area contributed by atoms with Gasteiger partial charge in [0.15, 0.2) is 11.6 Å². The first-order chi connectivity index (χ1) is 8.81. The Balaban J connectivity index is 2.34. The highest BCUT2D eigenvalue weighted by atomic mass is 16.5. The van der Waals surface area contributed by atoms with Crippen molar-refractivity contribution in [3.05, 3.63) is 6.33 Å². The number of methoxy groups -OCH3 is 1. The molecule has 5 heteroatoms. The molecule has 1 fully saturated rings. The van der Waals surface area contributed by atoms with Gasteiger partial charge in [0.2, 0.25) is 5.75 Å². The number of aromatic nitrogens is 2. The lowest BCUT2D eigenvalue weighted by Gasteiger charge is -2.30. The second-order valence-electron chi connectivity index (χ2n) is 4.55. The van der Waals surface area contributed by atoms with Gasteiger partial charge in [0, 0.05) is 19.6 Å². The Kier molecular flexibility index (Phi) is 4.23. The predicted octanol–water partition coefficient (Wildman–Crippen LogP) is 2.30. The minimum atomic E-state index is 0.587. The number of hydrogen-bond acceptors (Lipinski definition) is 5.